The van der Waals surface area contributed by atoms with Crippen molar-refractivity contribution < 1.29 is 14.7 Å². The van der Waals surface area contributed by atoms with E-state index in [1.54, 1.807) is 24.3 Å². The van der Waals surface area contributed by atoms with Crippen LogP contribution in [-0.2, 0) is 12.8 Å². The molecule has 0 radical (unpaired) electrons. The number of ether oxygens (including phenoxy) is 1. The first-order valence-corrected chi connectivity index (χ1v) is 9.28. The Morgan fingerprint density at radius 3 is 2.68 bits per heavy atom. The lowest BCUT2D eigenvalue weighted by Gasteiger charge is -2.07. The van der Waals surface area contributed by atoms with Crippen LogP contribution in [-0.4, -0.2) is 27.3 Å². The van der Waals surface area contributed by atoms with E-state index in [2.05, 4.69) is 11.9 Å². The molecule has 0 bridgehead atoms. The van der Waals surface area contributed by atoms with Gasteiger partial charge in [0.05, 0.1) is 18.0 Å². The second-order valence-corrected chi connectivity index (χ2v) is 6.61. The number of ketones is 1. The molecule has 0 unspecified atom stereocenters. The summed E-state index contributed by atoms with van der Waals surface area (Å²) in [5.74, 6) is 0.618. The molecular weight excluding hydrogens is 316 g/mol. The van der Waals surface area contributed by atoms with Gasteiger partial charge in [-0.05, 0) is 56.4 Å². The molecule has 0 fully saturated rings. The SMILES string of the molecule is CCCCCOc1ccc(C(=O)c2nc3c(n2O)CCCCC3)cc1. The van der Waals surface area contributed by atoms with Crippen molar-refractivity contribution in [2.45, 2.75) is 58.3 Å². The van der Waals surface area contributed by atoms with Crippen molar-refractivity contribution in [2.24, 2.45) is 0 Å². The minimum Gasteiger partial charge on any atom is -0.494 e. The molecule has 1 heterocycles. The molecule has 1 aromatic heterocycles. The van der Waals surface area contributed by atoms with Gasteiger partial charge in [-0.3, -0.25) is 4.79 Å². The van der Waals surface area contributed by atoms with Crippen molar-refractivity contribution in [3.05, 3.63) is 47.0 Å². The zero-order valence-corrected chi connectivity index (χ0v) is 14.8. The van der Waals surface area contributed by atoms with Gasteiger partial charge in [0.25, 0.3) is 0 Å². The molecule has 5 nitrogen and oxygen atoms in total. The number of nitrogens with zero attached hydrogens (tertiary/aromatic N) is 2. The molecule has 1 N–H and O–H groups in total. The fourth-order valence-corrected chi connectivity index (χ4v) is 3.22. The molecule has 1 aromatic carbocycles. The zero-order chi connectivity index (χ0) is 17.6. The average Bonchev–Trinajstić information content (AvgIpc) is 2.81. The van der Waals surface area contributed by atoms with Crippen LogP contribution in [0.25, 0.3) is 0 Å². The topological polar surface area (TPSA) is 64.3 Å². The van der Waals surface area contributed by atoms with E-state index in [9.17, 15) is 10.0 Å². The fourth-order valence-electron chi connectivity index (χ4n) is 3.22. The van der Waals surface area contributed by atoms with Crippen LogP contribution in [0.15, 0.2) is 24.3 Å². The predicted octanol–water partition coefficient (Wildman–Crippen LogP) is 4.19. The maximum absolute atomic E-state index is 12.7. The summed E-state index contributed by atoms with van der Waals surface area (Å²) in [5.41, 5.74) is 2.16. The van der Waals surface area contributed by atoms with Crippen molar-refractivity contribution in [3.63, 3.8) is 0 Å². The highest BCUT2D eigenvalue weighted by molar-refractivity contribution is 6.06. The summed E-state index contributed by atoms with van der Waals surface area (Å²) >= 11 is 0. The Morgan fingerprint density at radius 2 is 1.92 bits per heavy atom. The number of carbonyl (C=O) groups is 1. The number of carbonyl (C=O) groups excluding carboxylic acids is 1. The van der Waals surface area contributed by atoms with Gasteiger partial charge in [-0.2, -0.15) is 4.73 Å². The van der Waals surface area contributed by atoms with Gasteiger partial charge in [-0.25, -0.2) is 4.98 Å². The normalized spacial score (nSPS) is 14.0. The molecule has 0 atom stereocenters. The number of benzene rings is 1. The number of hydrogen-bond acceptors (Lipinski definition) is 4. The van der Waals surface area contributed by atoms with Crippen LogP contribution in [0.3, 0.4) is 0 Å². The van der Waals surface area contributed by atoms with E-state index < -0.39 is 0 Å². The van der Waals surface area contributed by atoms with Gasteiger partial charge in [-0.1, -0.05) is 26.2 Å². The molecule has 25 heavy (non-hydrogen) atoms. The molecule has 5 heteroatoms. The lowest BCUT2D eigenvalue weighted by atomic mass is 10.1. The van der Waals surface area contributed by atoms with E-state index in [4.69, 9.17) is 4.74 Å². The summed E-state index contributed by atoms with van der Waals surface area (Å²) < 4.78 is 6.67. The Morgan fingerprint density at radius 1 is 1.16 bits per heavy atom. The highest BCUT2D eigenvalue weighted by atomic mass is 16.5. The van der Waals surface area contributed by atoms with Gasteiger partial charge < -0.3 is 9.94 Å². The van der Waals surface area contributed by atoms with E-state index in [1.165, 1.54) is 0 Å². The maximum atomic E-state index is 12.7. The molecule has 134 valence electrons. The van der Waals surface area contributed by atoms with Crippen molar-refractivity contribution >= 4 is 5.78 Å². The van der Waals surface area contributed by atoms with Crippen LogP contribution < -0.4 is 4.74 Å². The third kappa shape index (κ3) is 4.03. The second-order valence-electron chi connectivity index (χ2n) is 6.61. The van der Waals surface area contributed by atoms with E-state index in [1.807, 2.05) is 0 Å². The summed E-state index contributed by atoms with van der Waals surface area (Å²) in [7, 11) is 0. The van der Waals surface area contributed by atoms with Gasteiger partial charge >= 0.3 is 0 Å². The van der Waals surface area contributed by atoms with Crippen LogP contribution in [0.5, 0.6) is 5.75 Å². The fraction of sp³-hybridized carbons (Fsp3) is 0.500. The molecule has 1 aliphatic rings. The molecule has 0 aliphatic heterocycles. The second kappa shape index (κ2) is 8.19. The number of aromatic nitrogens is 2. The Labute approximate surface area is 148 Å². The Bertz CT molecular complexity index is 719. The molecule has 0 spiro atoms. The largest absolute Gasteiger partial charge is 0.494 e. The average molecular weight is 342 g/mol. The van der Waals surface area contributed by atoms with E-state index in [-0.39, 0.29) is 11.6 Å². The monoisotopic (exact) mass is 342 g/mol. The number of imidazole rings is 1. The smallest absolute Gasteiger partial charge is 0.231 e. The Kier molecular flexibility index (Phi) is 5.74. The third-order valence-electron chi connectivity index (χ3n) is 4.69. The first-order valence-electron chi connectivity index (χ1n) is 9.28. The molecule has 0 amide bonds. The number of rotatable bonds is 7. The van der Waals surface area contributed by atoms with Crippen LogP contribution in [0, 0.1) is 0 Å². The minimum absolute atomic E-state index is 0.114. The van der Waals surface area contributed by atoms with Gasteiger partial charge in [0.1, 0.15) is 5.75 Å². The molecule has 2 aromatic rings. The number of aryl methyl sites for hydroxylation is 1. The van der Waals surface area contributed by atoms with Crippen molar-refractivity contribution in [1.82, 2.24) is 9.71 Å². The van der Waals surface area contributed by atoms with E-state index in [0.717, 1.165) is 73.2 Å². The van der Waals surface area contributed by atoms with Gasteiger partial charge in [0.15, 0.2) is 0 Å². The zero-order valence-electron chi connectivity index (χ0n) is 14.8. The molecule has 0 saturated carbocycles. The van der Waals surface area contributed by atoms with Gasteiger partial charge in [0, 0.05) is 5.56 Å². The van der Waals surface area contributed by atoms with Crippen molar-refractivity contribution in [2.75, 3.05) is 6.61 Å². The lowest BCUT2D eigenvalue weighted by molar-refractivity contribution is 0.0970. The molecule has 1 aliphatic carbocycles. The molecule has 0 saturated heterocycles. The molecular formula is C20H26N2O3. The summed E-state index contributed by atoms with van der Waals surface area (Å²) in [6.45, 7) is 2.85. The Balaban J connectivity index is 1.71. The Hall–Kier alpha value is -2.30. The highest BCUT2D eigenvalue weighted by Gasteiger charge is 2.23. The summed E-state index contributed by atoms with van der Waals surface area (Å²) in [6.07, 6.45) is 8.17. The van der Waals surface area contributed by atoms with Crippen LogP contribution in [0.2, 0.25) is 0 Å². The van der Waals surface area contributed by atoms with Crippen LogP contribution in [0.1, 0.15) is 73.0 Å². The van der Waals surface area contributed by atoms with E-state index >= 15 is 0 Å². The number of unbranched alkanes of at least 4 members (excludes halogenated alkanes) is 2. The van der Waals surface area contributed by atoms with Crippen LogP contribution >= 0.6 is 0 Å². The number of hydrogen-bond donors (Lipinski definition) is 1. The van der Waals surface area contributed by atoms with Gasteiger partial charge in [0.2, 0.25) is 11.6 Å². The standard InChI is InChI=1S/C20H26N2O3/c1-2-3-7-14-25-16-12-10-15(11-13-16)19(23)20-21-17-8-5-4-6-9-18(17)22(20)24/h10-13,24H,2-9,14H2,1H3. The third-order valence-corrected chi connectivity index (χ3v) is 4.69. The first-order chi connectivity index (χ1) is 12.2. The van der Waals surface area contributed by atoms with Crippen LogP contribution in [0.4, 0.5) is 0 Å². The summed E-state index contributed by atoms with van der Waals surface area (Å²) in [4.78, 5) is 17.1. The van der Waals surface area contributed by atoms with Crippen molar-refractivity contribution in [1.29, 1.82) is 0 Å². The summed E-state index contributed by atoms with van der Waals surface area (Å²) in [6, 6.07) is 7.07. The number of fused-ring (bicyclic) bond motifs is 1. The van der Waals surface area contributed by atoms with Crippen molar-refractivity contribution in [3.8, 4) is 5.75 Å². The quantitative estimate of drug-likeness (QED) is 0.355. The van der Waals surface area contributed by atoms with E-state index in [0.29, 0.717) is 12.2 Å². The molecule has 3 rings (SSSR count). The lowest BCUT2D eigenvalue weighted by Crippen LogP contribution is -2.11. The van der Waals surface area contributed by atoms with Gasteiger partial charge in [-0.15, -0.1) is 0 Å². The predicted molar refractivity (Wildman–Crippen MR) is 95.6 cm³/mol. The maximum Gasteiger partial charge on any atom is 0.231 e. The first kappa shape index (κ1) is 17.5. The highest BCUT2D eigenvalue weighted by Crippen LogP contribution is 2.22. The summed E-state index contributed by atoms with van der Waals surface area (Å²) in [5, 5.41) is 10.4. The minimum atomic E-state index is -0.256.